The molecule has 0 spiro atoms. The minimum Gasteiger partial charge on any atom is -0.475 e. The van der Waals surface area contributed by atoms with E-state index >= 15 is 0 Å². The second-order valence-electron chi connectivity index (χ2n) is 8.31. The lowest BCUT2D eigenvalue weighted by Gasteiger charge is -2.23. The number of nitriles is 1. The third-order valence-corrected chi connectivity index (χ3v) is 5.71. The van der Waals surface area contributed by atoms with Gasteiger partial charge >= 0.3 is 12.1 Å². The summed E-state index contributed by atoms with van der Waals surface area (Å²) in [6.07, 6.45) is -1.44. The fourth-order valence-electron chi connectivity index (χ4n) is 3.86. The van der Waals surface area contributed by atoms with E-state index in [0.29, 0.717) is 30.9 Å². The number of ether oxygens (including phenoxy) is 1. The molecule has 0 aliphatic carbocycles. The van der Waals surface area contributed by atoms with E-state index in [-0.39, 0.29) is 38.6 Å². The van der Waals surface area contributed by atoms with Crippen molar-refractivity contribution < 1.29 is 37.5 Å². The number of carboxylic acid groups (broad SMARTS) is 1. The number of amides is 1. The molecule has 0 bridgehead atoms. The summed E-state index contributed by atoms with van der Waals surface area (Å²) in [5.41, 5.74) is 7.94. The summed E-state index contributed by atoms with van der Waals surface area (Å²) in [6.45, 7) is 0.561. The number of carbonyl (C=O) groups is 2. The van der Waals surface area contributed by atoms with Gasteiger partial charge in [0.2, 0.25) is 5.91 Å². The standard InChI is InChI=1S/C22H21N5O4.C2HF3O2.2H2S/c23-12-16-2-1-9-26(16)22(28)20(24)10-14-13-25-21-8-7-18(11-19(14)21)31-17-5-3-15(4-6-17)27(29)30;3-2(4,5)1(6)7;;/h3-8,11,13,16,20,25H,1-2,9-10,24H2;(H,6,7);2*1H2/t16-,20-;;;/m0.../s1. The van der Waals surface area contributed by atoms with E-state index in [0.717, 1.165) is 22.9 Å². The lowest BCUT2D eigenvalue weighted by molar-refractivity contribution is -0.384. The van der Waals surface area contributed by atoms with Gasteiger partial charge in [-0.25, -0.2) is 4.79 Å². The second kappa shape index (κ2) is 14.4. The molecule has 1 aliphatic rings. The predicted molar refractivity (Wildman–Crippen MR) is 148 cm³/mol. The molecule has 0 unspecified atom stereocenters. The summed E-state index contributed by atoms with van der Waals surface area (Å²) < 4.78 is 37.6. The highest BCUT2D eigenvalue weighted by molar-refractivity contribution is 7.59. The Morgan fingerprint density at radius 1 is 1.23 bits per heavy atom. The van der Waals surface area contributed by atoms with Crippen LogP contribution in [-0.4, -0.2) is 56.6 Å². The Hall–Kier alpha value is -3.94. The molecule has 1 aliphatic heterocycles. The van der Waals surface area contributed by atoms with Crippen molar-refractivity contribution in [2.45, 2.75) is 37.5 Å². The minimum atomic E-state index is -5.08. The molecule has 2 heterocycles. The van der Waals surface area contributed by atoms with Gasteiger partial charge in [-0.05, 0) is 55.2 Å². The van der Waals surface area contributed by atoms with Crippen LogP contribution in [0.3, 0.4) is 0 Å². The van der Waals surface area contributed by atoms with E-state index in [2.05, 4.69) is 11.1 Å². The number of hydrogen-bond acceptors (Lipinski definition) is 7. The zero-order valence-electron chi connectivity index (χ0n) is 20.6. The van der Waals surface area contributed by atoms with Crippen LogP contribution in [0.25, 0.3) is 10.9 Å². The number of carboxylic acids is 1. The first-order chi connectivity index (χ1) is 17.9. The lowest BCUT2D eigenvalue weighted by atomic mass is 10.0. The molecule has 4 N–H and O–H groups in total. The summed E-state index contributed by atoms with van der Waals surface area (Å²) in [5, 5.41) is 28.0. The van der Waals surface area contributed by atoms with Crippen LogP contribution in [0.5, 0.6) is 11.5 Å². The Labute approximate surface area is 239 Å². The van der Waals surface area contributed by atoms with Gasteiger partial charge < -0.3 is 25.5 Å². The van der Waals surface area contributed by atoms with Gasteiger partial charge in [-0.2, -0.15) is 45.4 Å². The summed E-state index contributed by atoms with van der Waals surface area (Å²) in [5.74, 6) is -1.93. The molecule has 1 saturated heterocycles. The average molecular weight is 602 g/mol. The number of aromatic amines is 1. The van der Waals surface area contributed by atoms with Crippen LogP contribution >= 0.6 is 27.0 Å². The predicted octanol–water partition coefficient (Wildman–Crippen LogP) is 4.11. The van der Waals surface area contributed by atoms with Gasteiger partial charge in [0.05, 0.1) is 17.0 Å². The number of nitrogens with one attached hydrogen (secondary N) is 1. The maximum atomic E-state index is 12.7. The molecule has 11 nitrogen and oxygen atoms in total. The highest BCUT2D eigenvalue weighted by atomic mass is 32.1. The molecule has 40 heavy (non-hydrogen) atoms. The molecule has 4 rings (SSSR count). The molecule has 3 aromatic rings. The SMILES string of the molecule is N#C[C@@H]1CCCN1C(=O)[C@@H](N)Cc1c[nH]c2ccc(Oc3ccc([N+](=O)[O-])cc3)cc12.O=C(O)C(F)(F)F.S.S. The molecule has 2 aromatic carbocycles. The van der Waals surface area contributed by atoms with Gasteiger partial charge in [0.15, 0.2) is 0 Å². The molecular formula is C24H26F3N5O6S2. The molecule has 1 aromatic heterocycles. The van der Waals surface area contributed by atoms with Crippen LogP contribution in [0.4, 0.5) is 18.9 Å². The van der Waals surface area contributed by atoms with Gasteiger partial charge in [-0.15, -0.1) is 0 Å². The molecule has 1 amide bonds. The number of hydrogen-bond donors (Lipinski definition) is 3. The van der Waals surface area contributed by atoms with Crippen molar-refractivity contribution in [1.29, 1.82) is 5.26 Å². The van der Waals surface area contributed by atoms with Crippen LogP contribution in [0.1, 0.15) is 18.4 Å². The summed E-state index contributed by atoms with van der Waals surface area (Å²) in [7, 11) is 0. The van der Waals surface area contributed by atoms with Crippen molar-refractivity contribution in [3.63, 3.8) is 0 Å². The molecule has 216 valence electrons. The molecule has 16 heteroatoms. The van der Waals surface area contributed by atoms with E-state index in [1.54, 1.807) is 11.0 Å². The number of non-ortho nitro benzene ring substituents is 1. The smallest absolute Gasteiger partial charge is 0.475 e. The number of carbonyl (C=O) groups excluding carboxylic acids is 1. The van der Waals surface area contributed by atoms with Crippen LogP contribution < -0.4 is 10.5 Å². The van der Waals surface area contributed by atoms with Crippen LogP contribution in [0.2, 0.25) is 0 Å². The number of aromatic nitrogens is 1. The normalized spacial score (nSPS) is 15.0. The fourth-order valence-corrected chi connectivity index (χ4v) is 3.86. The number of nitro groups is 1. The summed E-state index contributed by atoms with van der Waals surface area (Å²) in [6, 6.07) is 12.4. The highest BCUT2D eigenvalue weighted by Gasteiger charge is 2.38. The van der Waals surface area contributed by atoms with Crippen LogP contribution in [0.15, 0.2) is 48.7 Å². The van der Waals surface area contributed by atoms with Crippen molar-refractivity contribution >= 4 is 55.5 Å². The molecule has 0 radical (unpaired) electrons. The molecule has 1 fully saturated rings. The first kappa shape index (κ1) is 34.1. The quantitative estimate of drug-likeness (QED) is 0.279. The number of nitrogens with two attached hydrogens (primary N) is 1. The number of benzene rings is 2. The zero-order chi connectivity index (χ0) is 28.0. The molecular weight excluding hydrogens is 575 g/mol. The monoisotopic (exact) mass is 601 g/mol. The Balaban J connectivity index is 0.000000792. The van der Waals surface area contributed by atoms with E-state index < -0.39 is 29.2 Å². The van der Waals surface area contributed by atoms with Gasteiger partial charge in [0.25, 0.3) is 5.69 Å². The van der Waals surface area contributed by atoms with Gasteiger partial charge in [-0.1, -0.05) is 0 Å². The number of nitrogens with zero attached hydrogens (tertiary/aromatic N) is 3. The molecule has 0 saturated carbocycles. The maximum Gasteiger partial charge on any atom is 0.490 e. The van der Waals surface area contributed by atoms with Gasteiger partial charge in [0.1, 0.15) is 17.5 Å². The number of fused-ring (bicyclic) bond motifs is 1. The highest BCUT2D eigenvalue weighted by Crippen LogP contribution is 2.29. The number of likely N-dealkylation sites (tertiary alicyclic amines) is 1. The summed E-state index contributed by atoms with van der Waals surface area (Å²) in [4.78, 5) is 36.7. The van der Waals surface area contributed by atoms with Gasteiger partial charge in [0, 0.05) is 35.8 Å². The zero-order valence-corrected chi connectivity index (χ0v) is 22.6. The van der Waals surface area contributed by atoms with E-state index in [9.17, 15) is 33.3 Å². The van der Waals surface area contributed by atoms with Crippen LogP contribution in [-0.2, 0) is 16.0 Å². The van der Waals surface area contributed by atoms with E-state index in [4.69, 9.17) is 20.4 Å². The number of nitro benzene ring substituents is 1. The first-order valence-electron chi connectivity index (χ1n) is 11.2. The number of alkyl halides is 3. The van der Waals surface area contributed by atoms with Crippen molar-refractivity contribution in [3.05, 3.63) is 64.3 Å². The van der Waals surface area contributed by atoms with Crippen molar-refractivity contribution in [1.82, 2.24) is 9.88 Å². The number of rotatable bonds is 6. The van der Waals surface area contributed by atoms with Crippen LogP contribution in [0, 0.1) is 21.4 Å². The Bertz CT molecular complexity index is 1380. The lowest BCUT2D eigenvalue weighted by Crippen LogP contribution is -2.46. The Morgan fingerprint density at radius 3 is 2.38 bits per heavy atom. The first-order valence-corrected chi connectivity index (χ1v) is 11.2. The number of H-pyrrole nitrogens is 1. The van der Waals surface area contributed by atoms with Crippen molar-refractivity contribution in [2.24, 2.45) is 5.73 Å². The average Bonchev–Trinajstić information content (AvgIpc) is 3.50. The fraction of sp³-hybridized carbons (Fsp3) is 0.292. The van der Waals surface area contributed by atoms with Gasteiger partial charge in [-0.3, -0.25) is 14.9 Å². The largest absolute Gasteiger partial charge is 0.490 e. The minimum absolute atomic E-state index is 0. The second-order valence-corrected chi connectivity index (χ2v) is 8.31. The molecule has 2 atom stereocenters. The maximum absolute atomic E-state index is 12.7. The Morgan fingerprint density at radius 2 is 1.82 bits per heavy atom. The van der Waals surface area contributed by atoms with Crippen molar-refractivity contribution in [2.75, 3.05) is 6.54 Å². The summed E-state index contributed by atoms with van der Waals surface area (Å²) >= 11 is 0. The third kappa shape index (κ3) is 8.53. The topological polar surface area (TPSA) is 176 Å². The van der Waals surface area contributed by atoms with E-state index in [1.807, 2.05) is 18.3 Å². The Kier molecular flexibility index (Phi) is 12.3. The number of aliphatic carboxylic acids is 1. The van der Waals surface area contributed by atoms with Crippen molar-refractivity contribution in [3.8, 4) is 17.6 Å². The van der Waals surface area contributed by atoms with E-state index in [1.165, 1.54) is 24.3 Å². The third-order valence-electron chi connectivity index (χ3n) is 5.71. The number of halogens is 3.